The Morgan fingerprint density at radius 2 is 1.93 bits per heavy atom. The first-order chi connectivity index (χ1) is 6.49. The predicted octanol–water partition coefficient (Wildman–Crippen LogP) is -0.394. The zero-order valence-electron chi connectivity index (χ0n) is 8.25. The number of carboxylic acids is 1. The molecule has 0 saturated carbocycles. The monoisotopic (exact) mass is 204 g/mol. The molecule has 3 N–H and O–H groups in total. The van der Waals surface area contributed by atoms with Gasteiger partial charge in [0.05, 0.1) is 12.2 Å². The van der Waals surface area contributed by atoms with Gasteiger partial charge in [0.2, 0.25) is 0 Å². The summed E-state index contributed by atoms with van der Waals surface area (Å²) in [7, 11) is 0. The molecule has 0 aromatic heterocycles. The molecule has 0 bridgehead atoms. The molecular weight excluding hydrogens is 188 g/mol. The molecular formula is C9H16O5. The molecule has 1 aliphatic rings. The van der Waals surface area contributed by atoms with Crippen molar-refractivity contribution in [1.29, 1.82) is 0 Å². The normalized spacial score (nSPS) is 43.6. The van der Waals surface area contributed by atoms with E-state index in [1.165, 1.54) is 0 Å². The van der Waals surface area contributed by atoms with Gasteiger partial charge in [-0.2, -0.15) is 0 Å². The van der Waals surface area contributed by atoms with Gasteiger partial charge in [-0.3, -0.25) is 0 Å². The lowest BCUT2D eigenvalue weighted by Crippen LogP contribution is -2.56. The maximum atomic E-state index is 10.7. The van der Waals surface area contributed by atoms with Crippen molar-refractivity contribution in [3.05, 3.63) is 0 Å². The maximum absolute atomic E-state index is 10.7. The third kappa shape index (κ3) is 1.89. The highest BCUT2D eigenvalue weighted by atomic mass is 16.5. The number of carbonyl (C=O) groups is 1. The third-order valence-electron chi connectivity index (χ3n) is 2.78. The van der Waals surface area contributed by atoms with Gasteiger partial charge in [-0.25, -0.2) is 4.79 Å². The van der Waals surface area contributed by atoms with E-state index in [2.05, 4.69) is 0 Å². The Labute approximate surface area is 82.3 Å². The van der Waals surface area contributed by atoms with Gasteiger partial charge in [-0.05, 0) is 13.3 Å². The maximum Gasteiger partial charge on any atom is 0.335 e. The van der Waals surface area contributed by atoms with Crippen LogP contribution in [0.3, 0.4) is 0 Å². The molecule has 1 aliphatic heterocycles. The van der Waals surface area contributed by atoms with E-state index in [1.807, 2.05) is 6.92 Å². The SMILES string of the molecule is CCC1C(C)O[C@H](C(=O)O)C(O)[C@@H]1O. The van der Waals surface area contributed by atoms with Crippen molar-refractivity contribution >= 4 is 5.97 Å². The van der Waals surface area contributed by atoms with Crippen LogP contribution >= 0.6 is 0 Å². The van der Waals surface area contributed by atoms with Gasteiger partial charge in [-0.15, -0.1) is 0 Å². The second kappa shape index (κ2) is 4.25. The van der Waals surface area contributed by atoms with Crippen molar-refractivity contribution in [2.45, 2.75) is 44.7 Å². The lowest BCUT2D eigenvalue weighted by Gasteiger charge is -2.39. The largest absolute Gasteiger partial charge is 0.479 e. The number of aliphatic hydroxyl groups is 2. The number of hydrogen-bond acceptors (Lipinski definition) is 4. The highest BCUT2D eigenvalue weighted by Gasteiger charge is 2.44. The highest BCUT2D eigenvalue weighted by Crippen LogP contribution is 2.28. The lowest BCUT2D eigenvalue weighted by atomic mass is 9.85. The smallest absolute Gasteiger partial charge is 0.335 e. The fourth-order valence-corrected chi connectivity index (χ4v) is 1.90. The van der Waals surface area contributed by atoms with Crippen LogP contribution in [0, 0.1) is 5.92 Å². The topological polar surface area (TPSA) is 87.0 Å². The fraction of sp³-hybridized carbons (Fsp3) is 0.889. The van der Waals surface area contributed by atoms with Crippen molar-refractivity contribution in [3.63, 3.8) is 0 Å². The summed E-state index contributed by atoms with van der Waals surface area (Å²) >= 11 is 0. The van der Waals surface area contributed by atoms with Crippen LogP contribution in [0.25, 0.3) is 0 Å². The number of aliphatic carboxylic acids is 1. The summed E-state index contributed by atoms with van der Waals surface area (Å²) in [5.41, 5.74) is 0. The first-order valence-corrected chi connectivity index (χ1v) is 4.73. The minimum atomic E-state index is -1.34. The Kier molecular flexibility index (Phi) is 3.47. The first-order valence-electron chi connectivity index (χ1n) is 4.73. The third-order valence-corrected chi connectivity index (χ3v) is 2.78. The van der Waals surface area contributed by atoms with Crippen LogP contribution in [0.5, 0.6) is 0 Å². The van der Waals surface area contributed by atoms with Gasteiger partial charge >= 0.3 is 5.97 Å². The molecule has 1 rings (SSSR count). The van der Waals surface area contributed by atoms with Crippen LogP contribution < -0.4 is 0 Å². The van der Waals surface area contributed by atoms with Gasteiger partial charge in [0.1, 0.15) is 6.10 Å². The first kappa shape index (κ1) is 11.4. The molecule has 1 saturated heterocycles. The Morgan fingerprint density at radius 1 is 1.36 bits per heavy atom. The van der Waals surface area contributed by atoms with Gasteiger partial charge in [0.25, 0.3) is 0 Å². The number of ether oxygens (including phenoxy) is 1. The second-order valence-electron chi connectivity index (χ2n) is 3.65. The van der Waals surface area contributed by atoms with Crippen molar-refractivity contribution in [2.24, 2.45) is 5.92 Å². The van der Waals surface area contributed by atoms with Gasteiger partial charge in [0.15, 0.2) is 6.10 Å². The van der Waals surface area contributed by atoms with E-state index >= 15 is 0 Å². The number of hydrogen-bond donors (Lipinski definition) is 3. The Balaban J connectivity index is 2.77. The summed E-state index contributed by atoms with van der Waals surface area (Å²) in [4.78, 5) is 10.7. The summed E-state index contributed by atoms with van der Waals surface area (Å²) < 4.78 is 5.12. The second-order valence-corrected chi connectivity index (χ2v) is 3.65. The minimum absolute atomic E-state index is 0.208. The summed E-state index contributed by atoms with van der Waals surface area (Å²) in [5, 5.41) is 27.8. The van der Waals surface area contributed by atoms with Crippen LogP contribution in [0.15, 0.2) is 0 Å². The highest BCUT2D eigenvalue weighted by molar-refractivity contribution is 5.73. The van der Waals surface area contributed by atoms with Crippen molar-refractivity contribution < 1.29 is 24.9 Å². The van der Waals surface area contributed by atoms with E-state index in [9.17, 15) is 15.0 Å². The molecule has 3 unspecified atom stereocenters. The molecule has 0 amide bonds. The molecule has 82 valence electrons. The zero-order chi connectivity index (χ0) is 10.9. The van der Waals surface area contributed by atoms with Gasteiger partial charge in [0, 0.05) is 5.92 Å². The van der Waals surface area contributed by atoms with Crippen molar-refractivity contribution in [2.75, 3.05) is 0 Å². The molecule has 0 aromatic carbocycles. The molecule has 5 nitrogen and oxygen atoms in total. The van der Waals surface area contributed by atoms with E-state index in [0.29, 0.717) is 6.42 Å². The number of aliphatic hydroxyl groups excluding tert-OH is 2. The van der Waals surface area contributed by atoms with Crippen molar-refractivity contribution in [1.82, 2.24) is 0 Å². The van der Waals surface area contributed by atoms with Gasteiger partial charge < -0.3 is 20.1 Å². The van der Waals surface area contributed by atoms with E-state index in [4.69, 9.17) is 9.84 Å². The van der Waals surface area contributed by atoms with E-state index < -0.39 is 24.3 Å². The van der Waals surface area contributed by atoms with Crippen LogP contribution in [0.1, 0.15) is 20.3 Å². The van der Waals surface area contributed by atoms with E-state index in [0.717, 1.165) is 0 Å². The van der Waals surface area contributed by atoms with Gasteiger partial charge in [-0.1, -0.05) is 6.92 Å². The molecule has 1 fully saturated rings. The van der Waals surface area contributed by atoms with Crippen LogP contribution in [-0.4, -0.2) is 45.7 Å². The summed E-state index contributed by atoms with van der Waals surface area (Å²) in [6, 6.07) is 0. The molecule has 1 heterocycles. The molecule has 0 spiro atoms. The van der Waals surface area contributed by atoms with E-state index in [-0.39, 0.29) is 12.0 Å². The average molecular weight is 204 g/mol. The number of rotatable bonds is 2. The Hall–Kier alpha value is -0.650. The Morgan fingerprint density at radius 3 is 2.36 bits per heavy atom. The fourth-order valence-electron chi connectivity index (χ4n) is 1.90. The molecule has 5 atom stereocenters. The van der Waals surface area contributed by atoms with Crippen LogP contribution in [0.2, 0.25) is 0 Å². The van der Waals surface area contributed by atoms with Crippen LogP contribution in [0.4, 0.5) is 0 Å². The van der Waals surface area contributed by atoms with Crippen molar-refractivity contribution in [3.8, 4) is 0 Å². The zero-order valence-corrected chi connectivity index (χ0v) is 8.25. The minimum Gasteiger partial charge on any atom is -0.479 e. The molecule has 14 heavy (non-hydrogen) atoms. The number of carboxylic acid groups (broad SMARTS) is 1. The lowest BCUT2D eigenvalue weighted by molar-refractivity contribution is -0.208. The summed E-state index contributed by atoms with van der Waals surface area (Å²) in [5.74, 6) is -1.45. The molecule has 0 aromatic rings. The quantitative estimate of drug-likeness (QED) is 0.570. The summed E-state index contributed by atoms with van der Waals surface area (Å²) in [6.07, 6.45) is -3.38. The predicted molar refractivity (Wildman–Crippen MR) is 47.8 cm³/mol. The summed E-state index contributed by atoms with van der Waals surface area (Å²) in [6.45, 7) is 3.57. The van der Waals surface area contributed by atoms with E-state index in [1.54, 1.807) is 6.92 Å². The molecule has 5 heteroatoms. The standard InChI is InChI=1S/C9H16O5/c1-3-5-4(2)14-8(9(12)13)7(11)6(5)10/h4-8,10-11H,3H2,1-2H3,(H,12,13)/t4?,5?,6-,7?,8+/m1/s1. The average Bonchev–Trinajstić information content (AvgIpc) is 2.12. The Bertz CT molecular complexity index is 217. The molecule has 0 aliphatic carbocycles. The molecule has 0 radical (unpaired) electrons. The van der Waals surface area contributed by atoms with Crippen LogP contribution in [-0.2, 0) is 9.53 Å².